The fourth-order valence-electron chi connectivity index (χ4n) is 7.04. The van der Waals surface area contributed by atoms with E-state index < -0.39 is 0 Å². The summed E-state index contributed by atoms with van der Waals surface area (Å²) in [6, 6.07) is 37.3. The molecular formula is C54H69N6Yb. The van der Waals surface area contributed by atoms with Crippen molar-refractivity contribution >= 4 is 34.5 Å². The molecule has 6 rings (SSSR count). The maximum absolute atomic E-state index is 4.83. The molecule has 6 aromatic rings. The monoisotopic (exact) mass is 975 g/mol. The van der Waals surface area contributed by atoms with E-state index in [4.69, 9.17) is 16.0 Å². The molecule has 61 heavy (non-hydrogen) atoms. The van der Waals surface area contributed by atoms with Gasteiger partial charge in [-0.25, -0.2) is 0 Å². The van der Waals surface area contributed by atoms with Gasteiger partial charge in [0.1, 0.15) is 0 Å². The van der Waals surface area contributed by atoms with Crippen LogP contribution >= 0.6 is 0 Å². The predicted octanol–water partition coefficient (Wildman–Crippen LogP) is 17.9. The number of aromatic nitrogens is 3. The molecule has 0 aliphatic carbocycles. The number of nitrogens with zero attached hydrogens (tertiary/aromatic N) is 6. The quantitative estimate of drug-likeness (QED) is 0.123. The van der Waals surface area contributed by atoms with E-state index in [9.17, 15) is 0 Å². The number of hydrogen-bond donors (Lipinski definition) is 0. The molecule has 0 saturated heterocycles. The molecule has 0 unspecified atom stereocenters. The van der Waals surface area contributed by atoms with Crippen molar-refractivity contribution < 1.29 is 46.9 Å². The summed E-state index contributed by atoms with van der Waals surface area (Å²) < 4.78 is 0. The van der Waals surface area contributed by atoms with E-state index in [1.165, 1.54) is 33.4 Å². The summed E-state index contributed by atoms with van der Waals surface area (Å²) in [6.07, 6.45) is 0. The zero-order valence-corrected chi connectivity index (χ0v) is 41.0. The van der Waals surface area contributed by atoms with E-state index >= 15 is 0 Å². The molecular weight excluding hydrogens is 906 g/mol. The fourth-order valence-corrected chi connectivity index (χ4v) is 7.04. The van der Waals surface area contributed by atoms with Crippen LogP contribution in [0.5, 0.6) is 0 Å². The SMILES string of the molecule is Cc1cccc([N-]c2c(C(C)C)cccc2C(C)C)n1.Cc1cccc([N-]c2c(C(C)C)cccc2C(C)C)n1.Cc1cccc([N-]c2c(C(C)C)cccc2C(C)C)n1.[Yb+3]. The number of benzene rings is 3. The Morgan fingerprint density at radius 1 is 0.295 bits per heavy atom. The van der Waals surface area contributed by atoms with Crippen LogP contribution in [0.1, 0.15) is 169 Å². The normalized spacial score (nSPS) is 11.0. The molecule has 0 N–H and O–H groups in total. The number of rotatable bonds is 12. The number of aryl methyl sites for hydroxylation is 3. The smallest absolute Gasteiger partial charge is 0.440 e. The second kappa shape index (κ2) is 24.6. The fraction of sp³-hybridized carbons (Fsp3) is 0.389. The summed E-state index contributed by atoms with van der Waals surface area (Å²) in [5, 5.41) is 14.5. The van der Waals surface area contributed by atoms with Gasteiger partial charge in [-0.3, -0.25) is 0 Å². The van der Waals surface area contributed by atoms with Crippen LogP contribution in [0, 0.1) is 67.7 Å². The van der Waals surface area contributed by atoms with Crippen molar-refractivity contribution in [2.75, 3.05) is 0 Å². The molecule has 0 spiro atoms. The molecule has 3 heterocycles. The molecule has 0 aliphatic rings. The first-order valence-corrected chi connectivity index (χ1v) is 21.8. The van der Waals surface area contributed by atoms with Gasteiger partial charge in [-0.15, -0.1) is 0 Å². The minimum atomic E-state index is 0. The summed E-state index contributed by atoms with van der Waals surface area (Å²) in [5.74, 6) is 5.11. The topological polar surface area (TPSA) is 81.0 Å². The van der Waals surface area contributed by atoms with Gasteiger partial charge in [0.15, 0.2) is 0 Å². The van der Waals surface area contributed by atoms with Gasteiger partial charge in [0, 0.05) is 0 Å². The number of pyridine rings is 3. The minimum absolute atomic E-state index is 0. The van der Waals surface area contributed by atoms with Crippen LogP contribution in [-0.2, 0) is 0 Å². The first kappa shape index (κ1) is 51.4. The second-order valence-electron chi connectivity index (χ2n) is 17.5. The average Bonchev–Trinajstić information content (AvgIpc) is 3.18. The molecule has 0 saturated carbocycles. The van der Waals surface area contributed by atoms with Crippen molar-refractivity contribution in [2.45, 2.75) is 139 Å². The van der Waals surface area contributed by atoms with Crippen LogP contribution < -0.4 is 0 Å². The molecule has 0 atom stereocenters. The molecule has 7 heteroatoms. The van der Waals surface area contributed by atoms with E-state index in [2.05, 4.69) is 153 Å². The number of hydrogen-bond acceptors (Lipinski definition) is 3. The van der Waals surface area contributed by atoms with Crippen molar-refractivity contribution in [3.63, 3.8) is 0 Å². The van der Waals surface area contributed by atoms with E-state index in [1.54, 1.807) is 0 Å². The Morgan fingerprint density at radius 3 is 0.639 bits per heavy atom. The second-order valence-corrected chi connectivity index (χ2v) is 17.5. The van der Waals surface area contributed by atoms with Gasteiger partial charge in [0.05, 0.1) is 0 Å². The minimum Gasteiger partial charge on any atom is -0.440 e. The molecule has 1 radical (unpaired) electrons. The average molecular weight is 975 g/mol. The van der Waals surface area contributed by atoms with Gasteiger partial charge >= 0.3 is 46.9 Å². The molecule has 329 valence electrons. The molecule has 0 fully saturated rings. The Labute approximate surface area is 407 Å². The van der Waals surface area contributed by atoms with Crippen molar-refractivity contribution in [1.82, 2.24) is 15.0 Å². The van der Waals surface area contributed by atoms with E-state index in [-0.39, 0.29) is 46.9 Å². The van der Waals surface area contributed by atoms with Crippen molar-refractivity contribution in [3.05, 3.63) is 176 Å². The first-order valence-electron chi connectivity index (χ1n) is 21.8. The van der Waals surface area contributed by atoms with Crippen LogP contribution in [0.2, 0.25) is 0 Å². The zero-order valence-electron chi connectivity index (χ0n) is 39.3. The van der Waals surface area contributed by atoms with Gasteiger partial charge in [0.25, 0.3) is 0 Å². The molecule has 0 aliphatic heterocycles. The molecule has 0 bridgehead atoms. The Balaban J connectivity index is 0.000000242. The maximum Gasteiger partial charge on any atom is 3.00 e. The van der Waals surface area contributed by atoms with Crippen LogP contribution in [0.15, 0.2) is 109 Å². The first-order chi connectivity index (χ1) is 28.5. The largest absolute Gasteiger partial charge is 3.00 e. The molecule has 3 aromatic heterocycles. The molecule has 3 aromatic carbocycles. The van der Waals surface area contributed by atoms with E-state index in [0.717, 1.165) is 51.6 Å². The van der Waals surface area contributed by atoms with Crippen LogP contribution in [0.25, 0.3) is 16.0 Å². The third-order valence-electron chi connectivity index (χ3n) is 10.3. The molecule has 6 nitrogen and oxygen atoms in total. The van der Waals surface area contributed by atoms with Crippen molar-refractivity contribution in [2.24, 2.45) is 0 Å². The summed E-state index contributed by atoms with van der Waals surface area (Å²) in [7, 11) is 0. The van der Waals surface area contributed by atoms with E-state index in [0.29, 0.717) is 35.5 Å². The van der Waals surface area contributed by atoms with Gasteiger partial charge < -0.3 is 30.9 Å². The summed E-state index contributed by atoms with van der Waals surface area (Å²) in [5.41, 5.74) is 14.0. The van der Waals surface area contributed by atoms with Crippen molar-refractivity contribution in [3.8, 4) is 0 Å². The summed E-state index contributed by atoms with van der Waals surface area (Å²) in [4.78, 5) is 13.5. The third kappa shape index (κ3) is 15.1. The van der Waals surface area contributed by atoms with Gasteiger partial charge in [0.2, 0.25) is 0 Å². The van der Waals surface area contributed by atoms with Gasteiger partial charge in [-0.2, -0.15) is 0 Å². The Morgan fingerprint density at radius 2 is 0.475 bits per heavy atom. The third-order valence-corrected chi connectivity index (χ3v) is 10.3. The van der Waals surface area contributed by atoms with Gasteiger partial charge in [-0.05, 0) is 107 Å². The predicted molar refractivity (Wildman–Crippen MR) is 259 cm³/mol. The zero-order chi connectivity index (χ0) is 44.1. The number of para-hydroxylation sites is 3. The molecule has 0 amide bonds. The van der Waals surface area contributed by atoms with Crippen LogP contribution in [0.3, 0.4) is 0 Å². The Hall–Kier alpha value is -3.97. The summed E-state index contributed by atoms with van der Waals surface area (Å²) >= 11 is 0. The van der Waals surface area contributed by atoms with Crippen LogP contribution in [0.4, 0.5) is 34.5 Å². The van der Waals surface area contributed by atoms with Gasteiger partial charge in [-0.1, -0.05) is 227 Å². The maximum atomic E-state index is 4.83. The summed E-state index contributed by atoms with van der Waals surface area (Å²) in [6.45, 7) is 32.5. The standard InChI is InChI=1S/3C18H23N2.Yb/c3*1-12(2)15-9-7-10-16(13(3)4)18(15)20-17-11-6-8-14(5)19-17;/h3*6-13H,1-5H3;/q3*-1;+3. The van der Waals surface area contributed by atoms with Crippen LogP contribution in [-0.4, -0.2) is 15.0 Å². The Kier molecular flexibility index (Phi) is 20.7. The Bertz CT molecular complexity index is 1940. The van der Waals surface area contributed by atoms with Crippen molar-refractivity contribution in [1.29, 1.82) is 0 Å². The van der Waals surface area contributed by atoms with E-state index in [1.807, 2.05) is 75.4 Å².